The van der Waals surface area contributed by atoms with Crippen LogP contribution in [-0.2, 0) is 0 Å². The molecule has 376 valence electrons. The molecular weight excluding hydrogens is 971 g/mol. The van der Waals surface area contributed by atoms with Crippen LogP contribution >= 0.6 is 0 Å². The molecule has 1 atom stereocenters. The van der Waals surface area contributed by atoms with Crippen molar-refractivity contribution in [1.29, 1.82) is 0 Å². The van der Waals surface area contributed by atoms with Crippen LogP contribution in [0.15, 0.2) is 291 Å². The third-order valence-corrected chi connectivity index (χ3v) is 15.9. The molecular formula is C75H51N5. The molecule has 11 aromatic carbocycles. The van der Waals surface area contributed by atoms with Crippen LogP contribution < -0.4 is 0 Å². The smallest absolute Gasteiger partial charge is 0.163 e. The predicted octanol–water partition coefficient (Wildman–Crippen LogP) is 19.3. The molecule has 1 aliphatic rings. The summed E-state index contributed by atoms with van der Waals surface area (Å²) in [5, 5.41) is 4.80. The number of nitrogens with zero attached hydrogens (tertiary/aromatic N) is 5. The molecule has 3 aromatic heterocycles. The standard InChI is InChI=1S/C75H51N5/c1-6-21-50(22-7-1)52-37-41-55(42-38-52)64-47-59(75-77-73(57-27-12-4-13-28-57)76-74(78-75)58-29-14-5-15-30-58)48-65(56-43-39-53(40-44-56)51-23-8-2-9-24-51)72(64)80-69-46-45-60(79-67-34-18-16-31-62(67)63-32-17-19-35-68(63)79)49-66(69)71-61(33-20-36-70(71)80)54-25-10-3-11-26-54/h1-29,31-49,58H,30H2. The Kier molecular flexibility index (Phi) is 11.6. The molecule has 14 aromatic rings. The lowest BCUT2D eigenvalue weighted by atomic mass is 9.91. The van der Waals surface area contributed by atoms with Gasteiger partial charge in [-0.05, 0) is 99.5 Å². The van der Waals surface area contributed by atoms with Crippen LogP contribution in [0.3, 0.4) is 0 Å². The van der Waals surface area contributed by atoms with Gasteiger partial charge in [0.2, 0.25) is 0 Å². The SMILES string of the molecule is C1=CCC(c2nc(-c3ccccc3)nc(-c3cc(-c4ccc(-c5ccccc5)cc4)c(-n4c5ccc(-n6c7ccccc7c7ccccc76)cc5c5c(-c6ccccc6)cccc54)c(-c4ccc(-c5ccccc5)cc4)c3)n2)C=C1. The molecule has 1 unspecified atom stereocenters. The summed E-state index contributed by atoms with van der Waals surface area (Å²) in [5.41, 5.74) is 19.7. The fraction of sp³-hybridized carbons (Fsp3) is 0.0267. The molecule has 80 heavy (non-hydrogen) atoms. The molecule has 0 spiro atoms. The van der Waals surface area contributed by atoms with Crippen LogP contribution in [0.4, 0.5) is 0 Å². The number of benzene rings is 11. The van der Waals surface area contributed by atoms with Crippen molar-refractivity contribution < 1.29 is 0 Å². The molecule has 5 nitrogen and oxygen atoms in total. The Hall–Kier alpha value is -10.5. The van der Waals surface area contributed by atoms with Crippen LogP contribution in [0.1, 0.15) is 18.2 Å². The lowest BCUT2D eigenvalue weighted by molar-refractivity contribution is 0.764. The summed E-state index contributed by atoms with van der Waals surface area (Å²) in [5.74, 6) is 2.02. The monoisotopic (exact) mass is 1020 g/mol. The van der Waals surface area contributed by atoms with Gasteiger partial charge in [-0.25, -0.2) is 15.0 Å². The highest BCUT2D eigenvalue weighted by Gasteiger charge is 2.26. The van der Waals surface area contributed by atoms with Crippen molar-refractivity contribution in [3.05, 3.63) is 297 Å². The van der Waals surface area contributed by atoms with E-state index < -0.39 is 0 Å². The van der Waals surface area contributed by atoms with Crippen molar-refractivity contribution in [2.24, 2.45) is 0 Å². The summed E-state index contributed by atoms with van der Waals surface area (Å²) in [7, 11) is 0. The van der Waals surface area contributed by atoms with Crippen LogP contribution in [-0.4, -0.2) is 24.1 Å². The van der Waals surface area contributed by atoms with Crippen molar-refractivity contribution in [1.82, 2.24) is 24.1 Å². The summed E-state index contributed by atoms with van der Waals surface area (Å²) in [6, 6.07) is 96.6. The topological polar surface area (TPSA) is 48.5 Å². The van der Waals surface area contributed by atoms with Crippen molar-refractivity contribution in [2.75, 3.05) is 0 Å². The van der Waals surface area contributed by atoms with E-state index in [0.717, 1.165) is 90.1 Å². The number of rotatable bonds is 10. The average molecular weight is 1020 g/mol. The van der Waals surface area contributed by atoms with Gasteiger partial charge in [-0.2, -0.15) is 0 Å². The quantitative estimate of drug-likeness (QED) is 0.137. The van der Waals surface area contributed by atoms with Gasteiger partial charge >= 0.3 is 0 Å². The molecule has 0 bridgehead atoms. The first-order valence-corrected chi connectivity index (χ1v) is 27.4. The highest BCUT2D eigenvalue weighted by atomic mass is 15.0. The Morgan fingerprint density at radius 2 is 0.775 bits per heavy atom. The zero-order valence-electron chi connectivity index (χ0n) is 43.7. The normalized spacial score (nSPS) is 13.2. The van der Waals surface area contributed by atoms with Gasteiger partial charge in [0.15, 0.2) is 11.6 Å². The maximum Gasteiger partial charge on any atom is 0.163 e. The van der Waals surface area contributed by atoms with Crippen molar-refractivity contribution in [2.45, 2.75) is 12.3 Å². The predicted molar refractivity (Wildman–Crippen MR) is 332 cm³/mol. The van der Waals surface area contributed by atoms with Gasteiger partial charge in [-0.3, -0.25) is 0 Å². The van der Waals surface area contributed by atoms with Crippen molar-refractivity contribution >= 4 is 43.6 Å². The number of hydrogen-bond donors (Lipinski definition) is 0. The summed E-state index contributed by atoms with van der Waals surface area (Å²) in [4.78, 5) is 16.0. The largest absolute Gasteiger partial charge is 0.309 e. The van der Waals surface area contributed by atoms with Crippen molar-refractivity contribution in [3.8, 4) is 89.8 Å². The molecule has 0 radical (unpaired) electrons. The van der Waals surface area contributed by atoms with E-state index in [4.69, 9.17) is 15.0 Å². The zero-order chi connectivity index (χ0) is 52.9. The van der Waals surface area contributed by atoms with E-state index in [2.05, 4.69) is 282 Å². The first kappa shape index (κ1) is 46.8. The Balaban J connectivity index is 1.06. The lowest BCUT2D eigenvalue weighted by Gasteiger charge is -2.22. The Bertz CT molecular complexity index is 4530. The van der Waals surface area contributed by atoms with E-state index in [9.17, 15) is 0 Å². The lowest BCUT2D eigenvalue weighted by Crippen LogP contribution is -2.08. The second kappa shape index (κ2) is 19.8. The van der Waals surface area contributed by atoms with E-state index in [0.29, 0.717) is 11.6 Å². The second-order valence-corrected chi connectivity index (χ2v) is 20.6. The zero-order valence-corrected chi connectivity index (χ0v) is 43.7. The van der Waals surface area contributed by atoms with Crippen LogP contribution in [0.2, 0.25) is 0 Å². The van der Waals surface area contributed by atoms with Gasteiger partial charge in [0.1, 0.15) is 5.82 Å². The first-order chi connectivity index (χ1) is 39.7. The molecule has 3 heterocycles. The minimum atomic E-state index is 0.00214. The van der Waals surface area contributed by atoms with E-state index in [1.165, 1.54) is 43.9 Å². The van der Waals surface area contributed by atoms with Gasteiger partial charge in [-0.15, -0.1) is 0 Å². The van der Waals surface area contributed by atoms with Crippen LogP contribution in [0.5, 0.6) is 0 Å². The van der Waals surface area contributed by atoms with Crippen LogP contribution in [0, 0.1) is 0 Å². The highest BCUT2D eigenvalue weighted by Crippen LogP contribution is 2.47. The molecule has 0 saturated carbocycles. The fourth-order valence-electron chi connectivity index (χ4n) is 12.1. The first-order valence-electron chi connectivity index (χ1n) is 27.4. The highest BCUT2D eigenvalue weighted by molar-refractivity contribution is 6.18. The van der Waals surface area contributed by atoms with E-state index >= 15 is 0 Å². The minimum absolute atomic E-state index is 0.00214. The van der Waals surface area contributed by atoms with Gasteiger partial charge in [0.25, 0.3) is 0 Å². The minimum Gasteiger partial charge on any atom is -0.309 e. The molecule has 0 saturated heterocycles. The van der Waals surface area contributed by atoms with E-state index in [1.54, 1.807) is 0 Å². The van der Waals surface area contributed by atoms with Crippen molar-refractivity contribution in [3.63, 3.8) is 0 Å². The molecule has 15 rings (SSSR count). The summed E-state index contributed by atoms with van der Waals surface area (Å²) in [6.45, 7) is 0. The van der Waals surface area contributed by atoms with Gasteiger partial charge in [0, 0.05) is 55.4 Å². The summed E-state index contributed by atoms with van der Waals surface area (Å²) >= 11 is 0. The maximum atomic E-state index is 5.43. The number of hydrogen-bond acceptors (Lipinski definition) is 3. The number of para-hydroxylation sites is 2. The Morgan fingerprint density at radius 1 is 0.312 bits per heavy atom. The molecule has 5 heteroatoms. The van der Waals surface area contributed by atoms with E-state index in [1.807, 2.05) is 18.2 Å². The van der Waals surface area contributed by atoms with Gasteiger partial charge in [0.05, 0.1) is 27.8 Å². The van der Waals surface area contributed by atoms with E-state index in [-0.39, 0.29) is 5.92 Å². The molecule has 0 amide bonds. The molecule has 0 fully saturated rings. The second-order valence-electron chi connectivity index (χ2n) is 20.6. The number of aromatic nitrogens is 5. The number of fused-ring (bicyclic) bond motifs is 6. The van der Waals surface area contributed by atoms with Gasteiger partial charge < -0.3 is 9.13 Å². The maximum absolute atomic E-state index is 5.43. The average Bonchev–Trinajstić information content (AvgIpc) is 4.06. The van der Waals surface area contributed by atoms with Gasteiger partial charge in [-0.1, -0.05) is 243 Å². The third-order valence-electron chi connectivity index (χ3n) is 15.9. The Labute approximate surface area is 464 Å². The molecule has 1 aliphatic carbocycles. The fourth-order valence-corrected chi connectivity index (χ4v) is 12.1. The third kappa shape index (κ3) is 8.23. The number of allylic oxidation sites excluding steroid dienone is 4. The summed E-state index contributed by atoms with van der Waals surface area (Å²) < 4.78 is 4.96. The Morgan fingerprint density at radius 3 is 1.34 bits per heavy atom. The summed E-state index contributed by atoms with van der Waals surface area (Å²) in [6.07, 6.45) is 9.41. The van der Waals surface area contributed by atoms with Crippen LogP contribution in [0.25, 0.3) is 133 Å². The molecule has 0 N–H and O–H groups in total. The molecule has 0 aliphatic heterocycles.